The van der Waals surface area contributed by atoms with E-state index in [1.54, 1.807) is 0 Å². The Balaban J connectivity index is 2.36. The second kappa shape index (κ2) is 5.99. The van der Waals surface area contributed by atoms with Crippen LogP contribution in [0, 0.1) is 0 Å². The zero-order chi connectivity index (χ0) is 16.6. The summed E-state index contributed by atoms with van der Waals surface area (Å²) in [5.41, 5.74) is -0.266. The van der Waals surface area contributed by atoms with Crippen LogP contribution in [-0.4, -0.2) is 26.4 Å². The van der Waals surface area contributed by atoms with E-state index in [1.165, 1.54) is 5.19 Å². The van der Waals surface area contributed by atoms with Gasteiger partial charge in [0, 0.05) is 5.44 Å². The summed E-state index contributed by atoms with van der Waals surface area (Å²) in [7, 11) is -1.93. The lowest BCUT2D eigenvalue weighted by atomic mass is 9.83. The second-order valence-corrected chi connectivity index (χ2v) is 12.5. The fourth-order valence-electron chi connectivity index (χ4n) is 2.97. The Bertz CT molecular complexity index is 521. The van der Waals surface area contributed by atoms with E-state index in [0.717, 1.165) is 0 Å². The molecule has 120 valence electrons. The molecule has 22 heavy (non-hydrogen) atoms. The van der Waals surface area contributed by atoms with Gasteiger partial charge in [0.05, 0.1) is 19.3 Å². The molecule has 1 unspecified atom stereocenters. The number of rotatable bonds is 4. The van der Waals surface area contributed by atoms with Crippen LogP contribution in [0.5, 0.6) is 0 Å². The van der Waals surface area contributed by atoms with Crippen molar-refractivity contribution in [3.05, 3.63) is 42.5 Å². The monoisotopic (exact) mass is 316 g/mol. The van der Waals surface area contributed by atoms with E-state index in [0.29, 0.717) is 5.44 Å². The lowest BCUT2D eigenvalue weighted by molar-refractivity contribution is 0.00578. The first-order valence-corrected chi connectivity index (χ1v) is 11.2. The molecule has 0 spiro atoms. The molecule has 0 amide bonds. The first kappa shape index (κ1) is 17.5. The highest BCUT2D eigenvalue weighted by atomic mass is 28.3. The summed E-state index contributed by atoms with van der Waals surface area (Å²) in [5.74, 6) is 0. The van der Waals surface area contributed by atoms with Crippen LogP contribution in [-0.2, 0) is 9.31 Å². The van der Waals surface area contributed by atoms with Gasteiger partial charge < -0.3 is 9.31 Å². The average molecular weight is 316 g/mol. The highest BCUT2D eigenvalue weighted by Crippen LogP contribution is 2.42. The van der Waals surface area contributed by atoms with Crippen molar-refractivity contribution in [2.75, 3.05) is 0 Å². The van der Waals surface area contributed by atoms with Crippen LogP contribution in [0.4, 0.5) is 0 Å². The lowest BCUT2D eigenvalue weighted by Crippen LogP contribution is -2.51. The van der Waals surface area contributed by atoms with Crippen LogP contribution < -0.4 is 5.19 Å². The molecule has 0 N–H and O–H groups in total. The van der Waals surface area contributed by atoms with Crippen molar-refractivity contribution in [2.45, 2.75) is 64.4 Å². The number of benzene rings is 1. The fraction of sp³-hybridized carbons (Fsp3) is 0.556. The predicted octanol–water partition coefficient (Wildman–Crippen LogP) is 4.18. The lowest BCUT2D eigenvalue weighted by Gasteiger charge is -2.32. The molecule has 2 rings (SSSR count). The Morgan fingerprint density at radius 3 is 1.95 bits per heavy atom. The van der Waals surface area contributed by atoms with Crippen LogP contribution >= 0.6 is 0 Å². The Hall–Kier alpha value is -0.838. The maximum atomic E-state index is 6.35. The smallest absolute Gasteiger partial charge is 0.403 e. The molecular weight excluding hydrogens is 287 g/mol. The van der Waals surface area contributed by atoms with Crippen molar-refractivity contribution in [1.29, 1.82) is 0 Å². The van der Waals surface area contributed by atoms with Crippen molar-refractivity contribution in [2.24, 2.45) is 0 Å². The van der Waals surface area contributed by atoms with Gasteiger partial charge in [0.25, 0.3) is 0 Å². The van der Waals surface area contributed by atoms with Gasteiger partial charge in [-0.1, -0.05) is 60.8 Å². The molecule has 4 heteroatoms. The first-order valence-electron chi connectivity index (χ1n) is 8.16. The van der Waals surface area contributed by atoms with Gasteiger partial charge >= 0.3 is 7.12 Å². The van der Waals surface area contributed by atoms with Crippen LogP contribution in [0.2, 0.25) is 18.5 Å². The molecule has 2 nitrogen and oxygen atoms in total. The van der Waals surface area contributed by atoms with Gasteiger partial charge in [-0.2, -0.15) is 0 Å². The van der Waals surface area contributed by atoms with Gasteiger partial charge in [0.1, 0.15) is 0 Å². The van der Waals surface area contributed by atoms with Gasteiger partial charge in [-0.25, -0.2) is 0 Å². The second-order valence-electron chi connectivity index (χ2n) is 7.76. The highest BCUT2D eigenvalue weighted by Gasteiger charge is 2.56. The molecule has 0 bridgehead atoms. The summed E-state index contributed by atoms with van der Waals surface area (Å²) in [6.45, 7) is 15.4. The molecule has 1 aliphatic heterocycles. The van der Waals surface area contributed by atoms with Crippen LogP contribution in [0.3, 0.4) is 0 Å². The van der Waals surface area contributed by atoms with Crippen molar-refractivity contribution >= 4 is 20.4 Å². The maximum absolute atomic E-state index is 6.35. The van der Waals surface area contributed by atoms with Crippen molar-refractivity contribution in [1.82, 2.24) is 0 Å². The summed E-state index contributed by atoms with van der Waals surface area (Å²) in [4.78, 5) is 0. The molecule has 1 atom stereocenters. The minimum absolute atomic E-state index is 0.178. The minimum atomic E-state index is -1.76. The maximum Gasteiger partial charge on any atom is 0.462 e. The Morgan fingerprint density at radius 1 is 1.00 bits per heavy atom. The molecule has 0 saturated carbocycles. The summed E-state index contributed by atoms with van der Waals surface area (Å²) in [6, 6.07) is 10.8. The normalized spacial score (nSPS) is 22.2. The average Bonchev–Trinajstić information content (AvgIpc) is 2.65. The summed E-state index contributed by atoms with van der Waals surface area (Å²) >= 11 is 0. The van der Waals surface area contributed by atoms with Gasteiger partial charge in [-0.3, -0.25) is 0 Å². The van der Waals surface area contributed by atoms with Crippen molar-refractivity contribution < 1.29 is 9.31 Å². The van der Waals surface area contributed by atoms with Gasteiger partial charge in [-0.15, -0.1) is 0 Å². The molecule has 1 fully saturated rings. The van der Waals surface area contributed by atoms with E-state index in [2.05, 4.69) is 90.2 Å². The highest BCUT2D eigenvalue weighted by molar-refractivity contribution is 6.98. The topological polar surface area (TPSA) is 18.5 Å². The number of hydrogen-bond acceptors (Lipinski definition) is 2. The van der Waals surface area contributed by atoms with E-state index < -0.39 is 8.07 Å². The van der Waals surface area contributed by atoms with E-state index in [-0.39, 0.29) is 18.3 Å². The van der Waals surface area contributed by atoms with E-state index in [9.17, 15) is 0 Å². The minimum Gasteiger partial charge on any atom is -0.403 e. The molecule has 0 radical (unpaired) electrons. The molecule has 1 saturated heterocycles. The molecule has 1 aromatic rings. The third-order valence-electron chi connectivity index (χ3n) is 5.32. The molecular formula is C18H29BO2Si. The fourth-order valence-corrected chi connectivity index (χ4v) is 5.90. The quantitative estimate of drug-likeness (QED) is 0.613. The molecule has 1 heterocycles. The third-order valence-corrected chi connectivity index (χ3v) is 9.27. The van der Waals surface area contributed by atoms with Crippen LogP contribution in [0.1, 0.15) is 34.6 Å². The van der Waals surface area contributed by atoms with Crippen LogP contribution in [0.15, 0.2) is 42.5 Å². The molecule has 1 aromatic carbocycles. The molecule has 0 aromatic heterocycles. The van der Waals surface area contributed by atoms with Gasteiger partial charge in [0.15, 0.2) is 0 Å². The zero-order valence-corrected chi connectivity index (χ0v) is 16.0. The summed E-state index contributed by atoms with van der Waals surface area (Å²) in [6.07, 6.45) is 4.41. The predicted molar refractivity (Wildman–Crippen MR) is 98.2 cm³/mol. The number of hydrogen-bond donors (Lipinski definition) is 0. The largest absolute Gasteiger partial charge is 0.462 e. The summed E-state index contributed by atoms with van der Waals surface area (Å²) < 4.78 is 12.7. The van der Waals surface area contributed by atoms with E-state index in [1.807, 2.05) is 0 Å². The van der Waals surface area contributed by atoms with E-state index >= 15 is 0 Å². The standard InChI is InChI=1S/C18H29BO2Si/c1-8-12-16(19-20-17(2,3)18(4,5)21-19)22(6,7)15-13-10-9-11-14-15/h8-14,16H,1-7H3/b12-8+. The Morgan fingerprint density at radius 2 is 1.50 bits per heavy atom. The third kappa shape index (κ3) is 3.10. The van der Waals surface area contributed by atoms with Crippen molar-refractivity contribution in [3.8, 4) is 0 Å². The zero-order valence-electron chi connectivity index (χ0n) is 15.0. The van der Waals surface area contributed by atoms with Gasteiger partial charge in [-0.05, 0) is 34.6 Å². The Kier molecular flexibility index (Phi) is 4.77. The molecule has 1 aliphatic rings. The van der Waals surface area contributed by atoms with Gasteiger partial charge in [0.2, 0.25) is 0 Å². The van der Waals surface area contributed by atoms with E-state index in [4.69, 9.17) is 9.31 Å². The summed E-state index contributed by atoms with van der Waals surface area (Å²) in [5, 5.41) is 1.44. The number of allylic oxidation sites excluding steroid dienone is 2. The van der Waals surface area contributed by atoms with Crippen molar-refractivity contribution in [3.63, 3.8) is 0 Å². The van der Waals surface area contributed by atoms with Crippen LogP contribution in [0.25, 0.3) is 0 Å². The first-order chi connectivity index (χ1) is 10.1. The Labute approximate surface area is 137 Å². The molecule has 0 aliphatic carbocycles. The SMILES string of the molecule is C/C=C/C(B1OC(C)(C)C(C)(C)O1)[Si](C)(C)c1ccccc1.